The minimum atomic E-state index is -0.202. The SMILES string of the molecule is CCNC(=O)CNC(=O)CSc1nnc(-c2ccncc2)n1C1CC1. The van der Waals surface area contributed by atoms with Crippen molar-refractivity contribution in [3.8, 4) is 11.4 Å². The average Bonchev–Trinajstić information content (AvgIpc) is 3.38. The van der Waals surface area contributed by atoms with E-state index in [2.05, 4.69) is 30.4 Å². The van der Waals surface area contributed by atoms with E-state index in [0.717, 1.165) is 29.4 Å². The van der Waals surface area contributed by atoms with Gasteiger partial charge in [-0.25, -0.2) is 0 Å². The number of pyridine rings is 1. The van der Waals surface area contributed by atoms with Crippen LogP contribution in [0.4, 0.5) is 0 Å². The van der Waals surface area contributed by atoms with Gasteiger partial charge >= 0.3 is 0 Å². The van der Waals surface area contributed by atoms with Crippen LogP contribution in [0.2, 0.25) is 0 Å². The Kier molecular flexibility index (Phi) is 5.64. The molecule has 0 saturated heterocycles. The normalized spacial score (nSPS) is 13.5. The van der Waals surface area contributed by atoms with Crippen molar-refractivity contribution in [2.75, 3.05) is 18.8 Å². The average molecular weight is 360 g/mol. The first kappa shape index (κ1) is 17.4. The third-order valence-electron chi connectivity index (χ3n) is 3.67. The highest BCUT2D eigenvalue weighted by Gasteiger charge is 2.30. The lowest BCUT2D eigenvalue weighted by atomic mass is 10.2. The van der Waals surface area contributed by atoms with Crippen molar-refractivity contribution >= 4 is 23.6 Å². The summed E-state index contributed by atoms with van der Waals surface area (Å²) in [6, 6.07) is 4.19. The van der Waals surface area contributed by atoms with E-state index in [0.29, 0.717) is 12.6 Å². The molecule has 0 spiro atoms. The van der Waals surface area contributed by atoms with Gasteiger partial charge in [0.2, 0.25) is 11.8 Å². The van der Waals surface area contributed by atoms with E-state index >= 15 is 0 Å². The van der Waals surface area contributed by atoms with Gasteiger partial charge in [-0.1, -0.05) is 11.8 Å². The smallest absolute Gasteiger partial charge is 0.239 e. The number of aromatic nitrogens is 4. The van der Waals surface area contributed by atoms with Gasteiger partial charge in [0.25, 0.3) is 0 Å². The Morgan fingerprint density at radius 2 is 1.96 bits per heavy atom. The highest BCUT2D eigenvalue weighted by molar-refractivity contribution is 7.99. The van der Waals surface area contributed by atoms with Gasteiger partial charge < -0.3 is 10.6 Å². The van der Waals surface area contributed by atoms with Crippen LogP contribution in [0, 0.1) is 0 Å². The maximum atomic E-state index is 11.9. The molecule has 0 radical (unpaired) electrons. The third-order valence-corrected chi connectivity index (χ3v) is 4.61. The number of hydrogen-bond donors (Lipinski definition) is 2. The topological polar surface area (TPSA) is 102 Å². The monoisotopic (exact) mass is 360 g/mol. The molecule has 2 aromatic rings. The molecule has 0 bridgehead atoms. The second-order valence-electron chi connectivity index (χ2n) is 5.66. The van der Waals surface area contributed by atoms with Crippen LogP contribution in [-0.4, -0.2) is 50.4 Å². The Bertz CT molecular complexity index is 744. The van der Waals surface area contributed by atoms with Gasteiger partial charge in [0, 0.05) is 30.5 Å². The van der Waals surface area contributed by atoms with Crippen LogP contribution >= 0.6 is 11.8 Å². The summed E-state index contributed by atoms with van der Waals surface area (Å²) in [5, 5.41) is 14.5. The quantitative estimate of drug-likeness (QED) is 0.682. The van der Waals surface area contributed by atoms with Gasteiger partial charge in [0.05, 0.1) is 12.3 Å². The van der Waals surface area contributed by atoms with Crippen molar-refractivity contribution < 1.29 is 9.59 Å². The zero-order chi connectivity index (χ0) is 17.6. The van der Waals surface area contributed by atoms with Crippen molar-refractivity contribution in [3.05, 3.63) is 24.5 Å². The van der Waals surface area contributed by atoms with Crippen molar-refractivity contribution in [3.63, 3.8) is 0 Å². The zero-order valence-electron chi connectivity index (χ0n) is 13.9. The Labute approximate surface area is 149 Å². The summed E-state index contributed by atoms with van der Waals surface area (Å²) < 4.78 is 2.09. The highest BCUT2D eigenvalue weighted by Crippen LogP contribution is 2.40. The summed E-state index contributed by atoms with van der Waals surface area (Å²) in [4.78, 5) is 27.3. The molecule has 8 nitrogen and oxygen atoms in total. The van der Waals surface area contributed by atoms with Gasteiger partial charge in [-0.2, -0.15) is 0 Å². The van der Waals surface area contributed by atoms with E-state index in [1.54, 1.807) is 12.4 Å². The maximum Gasteiger partial charge on any atom is 0.239 e. The number of thioether (sulfide) groups is 1. The van der Waals surface area contributed by atoms with Crippen LogP contribution in [0.15, 0.2) is 29.7 Å². The summed E-state index contributed by atoms with van der Waals surface area (Å²) in [5.41, 5.74) is 0.960. The van der Waals surface area contributed by atoms with E-state index in [-0.39, 0.29) is 24.1 Å². The molecule has 0 aromatic carbocycles. The minimum absolute atomic E-state index is 0.00911. The standard InChI is InChI=1S/C16H20N6O2S/c1-2-18-13(23)9-19-14(24)10-25-16-21-20-15(22(16)12-3-4-12)11-5-7-17-8-6-11/h5-8,12H,2-4,9-10H2,1H3,(H,18,23)(H,19,24). The highest BCUT2D eigenvalue weighted by atomic mass is 32.2. The number of nitrogens with zero attached hydrogens (tertiary/aromatic N) is 4. The number of hydrogen-bond acceptors (Lipinski definition) is 6. The molecule has 0 atom stereocenters. The molecule has 2 amide bonds. The van der Waals surface area contributed by atoms with Crippen LogP contribution in [-0.2, 0) is 9.59 Å². The molecular formula is C16H20N6O2S. The fourth-order valence-electron chi connectivity index (χ4n) is 2.35. The van der Waals surface area contributed by atoms with Gasteiger partial charge in [0.1, 0.15) is 0 Å². The summed E-state index contributed by atoms with van der Waals surface area (Å²) in [7, 11) is 0. The molecule has 0 aliphatic heterocycles. The Morgan fingerprint density at radius 1 is 1.20 bits per heavy atom. The second kappa shape index (κ2) is 8.11. The molecule has 0 unspecified atom stereocenters. The predicted molar refractivity (Wildman–Crippen MR) is 93.9 cm³/mol. The molecule has 132 valence electrons. The summed E-state index contributed by atoms with van der Waals surface area (Å²) in [6.07, 6.45) is 5.63. The number of carbonyl (C=O) groups excluding carboxylic acids is 2. The van der Waals surface area contributed by atoms with E-state index < -0.39 is 0 Å². The van der Waals surface area contributed by atoms with E-state index in [1.807, 2.05) is 19.1 Å². The van der Waals surface area contributed by atoms with Gasteiger partial charge in [-0.15, -0.1) is 10.2 Å². The lowest BCUT2D eigenvalue weighted by Crippen LogP contribution is -2.37. The Morgan fingerprint density at radius 3 is 2.64 bits per heavy atom. The van der Waals surface area contributed by atoms with Crippen LogP contribution in [0.1, 0.15) is 25.8 Å². The lowest BCUT2D eigenvalue weighted by molar-refractivity contribution is -0.124. The molecule has 1 aliphatic rings. The molecule has 1 saturated carbocycles. The van der Waals surface area contributed by atoms with Crippen LogP contribution in [0.25, 0.3) is 11.4 Å². The molecule has 2 heterocycles. The summed E-state index contributed by atoms with van der Waals surface area (Å²) in [6.45, 7) is 2.37. The number of carbonyl (C=O) groups is 2. The van der Waals surface area contributed by atoms with Gasteiger partial charge in [0.15, 0.2) is 11.0 Å². The van der Waals surface area contributed by atoms with E-state index in [4.69, 9.17) is 0 Å². The molecule has 1 aliphatic carbocycles. The lowest BCUT2D eigenvalue weighted by Gasteiger charge is -2.09. The largest absolute Gasteiger partial charge is 0.355 e. The Hall–Kier alpha value is -2.42. The van der Waals surface area contributed by atoms with Crippen LogP contribution < -0.4 is 10.6 Å². The fourth-order valence-corrected chi connectivity index (χ4v) is 3.19. The van der Waals surface area contributed by atoms with E-state index in [9.17, 15) is 9.59 Å². The zero-order valence-corrected chi connectivity index (χ0v) is 14.8. The molecule has 2 N–H and O–H groups in total. The molecule has 2 aromatic heterocycles. The molecule has 1 fully saturated rings. The molecule has 25 heavy (non-hydrogen) atoms. The van der Waals surface area contributed by atoms with Crippen LogP contribution in [0.5, 0.6) is 0 Å². The van der Waals surface area contributed by atoms with Crippen LogP contribution in [0.3, 0.4) is 0 Å². The molecule has 3 rings (SSSR count). The first-order chi connectivity index (χ1) is 12.2. The first-order valence-electron chi connectivity index (χ1n) is 8.20. The number of likely N-dealkylation sites (N-methyl/N-ethyl adjacent to an activating group) is 1. The van der Waals surface area contributed by atoms with Crippen molar-refractivity contribution in [1.82, 2.24) is 30.4 Å². The first-order valence-corrected chi connectivity index (χ1v) is 9.19. The fraction of sp³-hybridized carbons (Fsp3) is 0.438. The summed E-state index contributed by atoms with van der Waals surface area (Å²) in [5.74, 6) is 0.602. The van der Waals surface area contributed by atoms with Gasteiger partial charge in [-0.05, 0) is 31.9 Å². The number of nitrogens with one attached hydrogen (secondary N) is 2. The second-order valence-corrected chi connectivity index (χ2v) is 6.60. The molecular weight excluding hydrogens is 340 g/mol. The van der Waals surface area contributed by atoms with E-state index in [1.165, 1.54) is 11.8 Å². The minimum Gasteiger partial charge on any atom is -0.355 e. The van der Waals surface area contributed by atoms with Crippen molar-refractivity contribution in [2.45, 2.75) is 31.0 Å². The molecule has 9 heteroatoms. The van der Waals surface area contributed by atoms with Crippen molar-refractivity contribution in [2.24, 2.45) is 0 Å². The number of rotatable bonds is 8. The van der Waals surface area contributed by atoms with Crippen molar-refractivity contribution in [1.29, 1.82) is 0 Å². The number of amides is 2. The maximum absolute atomic E-state index is 11.9. The van der Waals surface area contributed by atoms with Gasteiger partial charge in [-0.3, -0.25) is 19.1 Å². The summed E-state index contributed by atoms with van der Waals surface area (Å²) >= 11 is 1.33. The third kappa shape index (κ3) is 4.56. The Balaban J connectivity index is 1.62. The predicted octanol–water partition coefficient (Wildman–Crippen LogP) is 1.02.